The fraction of sp³-hybridized carbons (Fsp3) is 0.0196. The van der Waals surface area contributed by atoms with E-state index in [4.69, 9.17) is 19.9 Å². The maximum atomic E-state index is 5.22. The number of fused-ring (bicyclic) bond motifs is 7. The third-order valence-corrected chi connectivity index (χ3v) is 12.1. The van der Waals surface area contributed by atoms with Gasteiger partial charge in [-0.3, -0.25) is 4.98 Å². The number of aromatic nitrogens is 4. The number of thiophene rings is 1. The zero-order valence-electron chi connectivity index (χ0n) is 30.2. The van der Waals surface area contributed by atoms with Crippen LogP contribution in [0.1, 0.15) is 22.6 Å². The molecule has 0 N–H and O–H groups in total. The molecule has 3 heterocycles. The number of pyridine rings is 1. The van der Waals surface area contributed by atoms with Crippen molar-refractivity contribution in [2.75, 3.05) is 0 Å². The van der Waals surface area contributed by atoms with Gasteiger partial charge in [0, 0.05) is 60.1 Å². The van der Waals surface area contributed by atoms with Gasteiger partial charge in [0.2, 0.25) is 0 Å². The van der Waals surface area contributed by atoms with Gasteiger partial charge in [-0.05, 0) is 51.6 Å². The van der Waals surface area contributed by atoms with Crippen molar-refractivity contribution in [3.05, 3.63) is 205 Å². The van der Waals surface area contributed by atoms with Crippen molar-refractivity contribution in [3.63, 3.8) is 0 Å². The van der Waals surface area contributed by atoms with Gasteiger partial charge < -0.3 is 0 Å². The largest absolute Gasteiger partial charge is 0.255 e. The summed E-state index contributed by atoms with van der Waals surface area (Å²) in [5, 5.41) is 2.48. The van der Waals surface area contributed by atoms with E-state index in [-0.39, 0.29) is 5.92 Å². The number of benzene rings is 7. The molecular weight excluding hydrogens is 701 g/mol. The average molecular weight is 733 g/mol. The van der Waals surface area contributed by atoms with Crippen molar-refractivity contribution in [1.82, 2.24) is 19.9 Å². The highest BCUT2D eigenvalue weighted by atomic mass is 32.1. The Labute approximate surface area is 328 Å². The zero-order valence-corrected chi connectivity index (χ0v) is 31.0. The molecule has 262 valence electrons. The molecule has 5 heteroatoms. The summed E-state index contributed by atoms with van der Waals surface area (Å²) >= 11 is 1.89. The van der Waals surface area contributed by atoms with Gasteiger partial charge in [-0.2, -0.15) is 0 Å². The van der Waals surface area contributed by atoms with Crippen LogP contribution in [-0.4, -0.2) is 19.9 Å². The van der Waals surface area contributed by atoms with Crippen molar-refractivity contribution in [3.8, 4) is 67.7 Å². The second-order valence-corrected chi connectivity index (χ2v) is 15.2. The quantitative estimate of drug-likeness (QED) is 0.171. The normalized spacial score (nSPS) is 13.2. The fourth-order valence-electron chi connectivity index (χ4n) is 8.25. The SMILES string of the molecule is c1ccc(-c2cnc(-c3ccc4sc5c6c(ccc5c4c3)-c3ccccc3C6c3ccccc3)c(-c3nc(-c4ccccc4)nc(-c4ccccc4)n3)c2)cc1. The maximum absolute atomic E-state index is 5.22. The Bertz CT molecular complexity index is 3010. The Morgan fingerprint density at radius 3 is 1.71 bits per heavy atom. The van der Waals surface area contributed by atoms with Crippen LogP contribution >= 0.6 is 11.3 Å². The first-order chi connectivity index (χ1) is 27.8. The molecule has 0 radical (unpaired) electrons. The summed E-state index contributed by atoms with van der Waals surface area (Å²) in [5.41, 5.74) is 13.4. The molecule has 1 atom stereocenters. The molecule has 0 bridgehead atoms. The molecule has 0 amide bonds. The molecule has 4 nitrogen and oxygen atoms in total. The van der Waals surface area contributed by atoms with E-state index < -0.39 is 0 Å². The lowest BCUT2D eigenvalue weighted by atomic mass is 9.89. The van der Waals surface area contributed by atoms with E-state index in [1.165, 1.54) is 48.0 Å². The first-order valence-electron chi connectivity index (χ1n) is 18.8. The molecule has 56 heavy (non-hydrogen) atoms. The van der Waals surface area contributed by atoms with Crippen LogP contribution in [0.4, 0.5) is 0 Å². The molecule has 1 aliphatic carbocycles. The van der Waals surface area contributed by atoms with Crippen LogP contribution in [-0.2, 0) is 0 Å². The highest BCUT2D eigenvalue weighted by Crippen LogP contribution is 2.53. The molecule has 7 aromatic carbocycles. The third-order valence-electron chi connectivity index (χ3n) is 10.9. The molecule has 1 unspecified atom stereocenters. The van der Waals surface area contributed by atoms with E-state index in [1.54, 1.807) is 0 Å². The molecule has 3 aromatic heterocycles. The van der Waals surface area contributed by atoms with Crippen LogP contribution in [0.15, 0.2) is 188 Å². The van der Waals surface area contributed by atoms with E-state index in [0.29, 0.717) is 17.5 Å². The molecular formula is C51H32N4S. The van der Waals surface area contributed by atoms with Crippen LogP contribution in [0.5, 0.6) is 0 Å². The second-order valence-electron chi connectivity index (χ2n) is 14.2. The topological polar surface area (TPSA) is 51.6 Å². The average Bonchev–Trinajstić information content (AvgIpc) is 3.83. The molecule has 0 fully saturated rings. The van der Waals surface area contributed by atoms with Crippen molar-refractivity contribution in [2.24, 2.45) is 0 Å². The van der Waals surface area contributed by atoms with E-state index in [1.807, 2.05) is 84.3 Å². The summed E-state index contributed by atoms with van der Waals surface area (Å²) in [6.45, 7) is 0. The number of nitrogens with zero attached hydrogens (tertiary/aromatic N) is 4. The van der Waals surface area contributed by atoms with Gasteiger partial charge in [0.15, 0.2) is 17.5 Å². The molecule has 0 spiro atoms. The van der Waals surface area contributed by atoms with Gasteiger partial charge >= 0.3 is 0 Å². The summed E-state index contributed by atoms with van der Waals surface area (Å²) in [7, 11) is 0. The minimum Gasteiger partial charge on any atom is -0.255 e. The zero-order chi connectivity index (χ0) is 37.0. The van der Waals surface area contributed by atoms with Gasteiger partial charge in [-0.1, -0.05) is 164 Å². The number of hydrogen-bond donors (Lipinski definition) is 0. The number of rotatable bonds is 6. The maximum Gasteiger partial charge on any atom is 0.166 e. The Morgan fingerprint density at radius 2 is 1.02 bits per heavy atom. The summed E-state index contributed by atoms with van der Waals surface area (Å²) in [4.78, 5) is 20.5. The standard InChI is InChI=1S/C51H32N4S/c1-5-15-32(16-6-1)37-30-43(51-54-49(34-19-9-3-10-20-34)53-50(55-51)35-21-11-4-12-22-35)47(52-31-37)36-25-28-44-42(29-36)41-27-26-40-38-23-13-14-24-39(38)45(46(40)48(41)56-44)33-17-7-2-8-18-33/h1-31,45H. The lowest BCUT2D eigenvalue weighted by Crippen LogP contribution is -2.02. The Hall–Kier alpha value is -7.08. The fourth-order valence-corrected chi connectivity index (χ4v) is 9.51. The van der Waals surface area contributed by atoms with Gasteiger partial charge in [0.05, 0.1) is 5.69 Å². The summed E-state index contributed by atoms with van der Waals surface area (Å²) in [5.74, 6) is 1.99. The monoisotopic (exact) mass is 732 g/mol. The predicted octanol–water partition coefficient (Wildman–Crippen LogP) is 13.1. The van der Waals surface area contributed by atoms with E-state index in [9.17, 15) is 0 Å². The van der Waals surface area contributed by atoms with E-state index >= 15 is 0 Å². The first kappa shape index (κ1) is 32.4. The van der Waals surface area contributed by atoms with Crippen LogP contribution in [0, 0.1) is 0 Å². The molecule has 0 aliphatic heterocycles. The smallest absolute Gasteiger partial charge is 0.166 e. The molecule has 0 saturated heterocycles. The minimum absolute atomic E-state index is 0.180. The van der Waals surface area contributed by atoms with Crippen LogP contribution in [0.3, 0.4) is 0 Å². The van der Waals surface area contributed by atoms with Crippen molar-refractivity contribution in [2.45, 2.75) is 5.92 Å². The van der Waals surface area contributed by atoms with Crippen molar-refractivity contribution in [1.29, 1.82) is 0 Å². The van der Waals surface area contributed by atoms with Gasteiger partial charge in [-0.25, -0.2) is 15.0 Å². The predicted molar refractivity (Wildman–Crippen MR) is 231 cm³/mol. The lowest BCUT2D eigenvalue weighted by molar-refractivity contribution is 1.03. The molecule has 11 rings (SSSR count). The summed E-state index contributed by atoms with van der Waals surface area (Å²) in [6, 6.07) is 64.0. The molecule has 0 saturated carbocycles. The summed E-state index contributed by atoms with van der Waals surface area (Å²) < 4.78 is 2.59. The van der Waals surface area contributed by atoms with Gasteiger partial charge in [0.1, 0.15) is 0 Å². The second kappa shape index (κ2) is 13.3. The Morgan fingerprint density at radius 1 is 0.411 bits per heavy atom. The lowest BCUT2D eigenvalue weighted by Gasteiger charge is -2.15. The number of hydrogen-bond acceptors (Lipinski definition) is 5. The van der Waals surface area contributed by atoms with Gasteiger partial charge in [-0.15, -0.1) is 11.3 Å². The third kappa shape index (κ3) is 5.44. The summed E-state index contributed by atoms with van der Waals surface area (Å²) in [6.07, 6.45) is 1.97. The van der Waals surface area contributed by atoms with Crippen LogP contribution in [0.25, 0.3) is 87.8 Å². The molecule has 10 aromatic rings. The minimum atomic E-state index is 0.180. The van der Waals surface area contributed by atoms with E-state index in [2.05, 4.69) is 115 Å². The Kier molecular flexibility index (Phi) is 7.71. The van der Waals surface area contributed by atoms with Crippen molar-refractivity contribution < 1.29 is 0 Å². The molecule has 1 aliphatic rings. The Balaban J connectivity index is 1.12. The van der Waals surface area contributed by atoms with Crippen LogP contribution < -0.4 is 0 Å². The highest BCUT2D eigenvalue weighted by molar-refractivity contribution is 7.26. The van der Waals surface area contributed by atoms with Crippen LogP contribution in [0.2, 0.25) is 0 Å². The van der Waals surface area contributed by atoms with E-state index in [0.717, 1.165) is 39.1 Å². The van der Waals surface area contributed by atoms with Crippen molar-refractivity contribution >= 4 is 31.5 Å². The first-order valence-corrected chi connectivity index (χ1v) is 19.6. The highest BCUT2D eigenvalue weighted by Gasteiger charge is 2.32. The van der Waals surface area contributed by atoms with Gasteiger partial charge in [0.25, 0.3) is 0 Å².